The van der Waals surface area contributed by atoms with Gasteiger partial charge in [-0.05, 0) is 35.9 Å². The first-order chi connectivity index (χ1) is 13.6. The quantitative estimate of drug-likeness (QED) is 0.832. The smallest absolute Gasteiger partial charge is 0.255 e. The molecule has 2 N–H and O–H groups in total. The lowest BCUT2D eigenvalue weighted by atomic mass is 10.1. The molecule has 2 heterocycles. The van der Waals surface area contributed by atoms with Gasteiger partial charge in [0.1, 0.15) is 0 Å². The molecule has 4 rings (SSSR count). The van der Waals surface area contributed by atoms with Crippen molar-refractivity contribution in [3.05, 3.63) is 53.6 Å². The largest absolute Gasteiger partial charge is 0.364 e. The molecule has 1 fully saturated rings. The Labute approximate surface area is 169 Å². The van der Waals surface area contributed by atoms with Crippen LogP contribution >= 0.6 is 11.8 Å². The number of carbonyl (C=O) groups is 2. The molecule has 0 unspecified atom stereocenters. The van der Waals surface area contributed by atoms with Gasteiger partial charge in [-0.15, -0.1) is 0 Å². The van der Waals surface area contributed by atoms with E-state index in [2.05, 4.69) is 21.6 Å². The molecule has 1 saturated heterocycles. The fourth-order valence-corrected chi connectivity index (χ4v) is 4.55. The van der Waals surface area contributed by atoms with E-state index >= 15 is 0 Å². The van der Waals surface area contributed by atoms with E-state index in [1.165, 1.54) is 17.1 Å². The van der Waals surface area contributed by atoms with E-state index in [1.807, 2.05) is 48.0 Å². The maximum atomic E-state index is 12.7. The minimum atomic E-state index is -0.184. The Morgan fingerprint density at radius 1 is 1.18 bits per heavy atom. The highest BCUT2D eigenvalue weighted by atomic mass is 32.2. The number of hydrogen-bond acceptors (Lipinski definition) is 5. The summed E-state index contributed by atoms with van der Waals surface area (Å²) in [7, 11) is 1.86. The summed E-state index contributed by atoms with van der Waals surface area (Å²) in [4.78, 5) is 28.8. The second-order valence-corrected chi connectivity index (χ2v) is 8.40. The van der Waals surface area contributed by atoms with Crippen molar-refractivity contribution in [3.8, 4) is 0 Å². The standard InChI is InChI=1S/C21H24N4O2S/c1-24-14-20(26)23-18-12-16(5-6-19(18)24)21(27)22-17-4-2-3-15(11-17)13-25-7-9-28-10-8-25/h2-6,11-12H,7-10,13-14H2,1H3,(H,22,27)(H,23,26). The Hall–Kier alpha value is -2.51. The Kier molecular flexibility index (Phi) is 5.54. The third kappa shape index (κ3) is 4.31. The van der Waals surface area contributed by atoms with Gasteiger partial charge in [0.2, 0.25) is 5.91 Å². The van der Waals surface area contributed by atoms with Gasteiger partial charge in [-0.1, -0.05) is 12.1 Å². The van der Waals surface area contributed by atoms with Crippen LogP contribution in [0, 0.1) is 0 Å². The number of nitrogens with one attached hydrogen (secondary N) is 2. The highest BCUT2D eigenvalue weighted by molar-refractivity contribution is 7.99. The molecule has 2 aromatic carbocycles. The van der Waals surface area contributed by atoms with Crippen LogP contribution in [0.2, 0.25) is 0 Å². The Morgan fingerprint density at radius 3 is 2.82 bits per heavy atom. The second-order valence-electron chi connectivity index (χ2n) is 7.18. The van der Waals surface area contributed by atoms with Crippen molar-refractivity contribution in [2.24, 2.45) is 0 Å². The lowest BCUT2D eigenvalue weighted by Gasteiger charge is -2.27. The number of carbonyl (C=O) groups excluding carboxylic acids is 2. The predicted molar refractivity (Wildman–Crippen MR) is 115 cm³/mol. The van der Waals surface area contributed by atoms with Crippen LogP contribution in [0.5, 0.6) is 0 Å². The zero-order valence-electron chi connectivity index (χ0n) is 15.9. The number of amides is 2. The van der Waals surface area contributed by atoms with Gasteiger partial charge < -0.3 is 15.5 Å². The van der Waals surface area contributed by atoms with Crippen LogP contribution in [-0.4, -0.2) is 54.9 Å². The van der Waals surface area contributed by atoms with Crippen molar-refractivity contribution in [1.82, 2.24) is 4.90 Å². The van der Waals surface area contributed by atoms with Crippen molar-refractivity contribution in [2.45, 2.75) is 6.54 Å². The first-order valence-electron chi connectivity index (χ1n) is 9.44. The van der Waals surface area contributed by atoms with Gasteiger partial charge >= 0.3 is 0 Å². The zero-order chi connectivity index (χ0) is 19.5. The predicted octanol–water partition coefficient (Wildman–Crippen LogP) is 2.88. The van der Waals surface area contributed by atoms with Crippen molar-refractivity contribution in [1.29, 1.82) is 0 Å². The van der Waals surface area contributed by atoms with Gasteiger partial charge in [0, 0.05) is 49.4 Å². The number of nitrogens with zero attached hydrogens (tertiary/aromatic N) is 2. The first-order valence-corrected chi connectivity index (χ1v) is 10.6. The van der Waals surface area contributed by atoms with E-state index in [0.29, 0.717) is 17.8 Å². The van der Waals surface area contributed by atoms with Crippen molar-refractivity contribution >= 4 is 40.6 Å². The fraction of sp³-hybridized carbons (Fsp3) is 0.333. The highest BCUT2D eigenvalue weighted by Gasteiger charge is 2.20. The molecule has 0 atom stereocenters. The van der Waals surface area contributed by atoms with Gasteiger partial charge in [0.25, 0.3) is 5.91 Å². The summed E-state index contributed by atoms with van der Waals surface area (Å²) < 4.78 is 0. The van der Waals surface area contributed by atoms with Crippen molar-refractivity contribution in [2.75, 3.05) is 53.7 Å². The topological polar surface area (TPSA) is 64.7 Å². The van der Waals surface area contributed by atoms with Crippen molar-refractivity contribution in [3.63, 3.8) is 0 Å². The number of thioether (sulfide) groups is 1. The molecule has 0 aliphatic carbocycles. The van der Waals surface area contributed by atoms with Crippen LogP contribution in [0.3, 0.4) is 0 Å². The molecule has 0 saturated carbocycles. The van der Waals surface area contributed by atoms with E-state index in [9.17, 15) is 9.59 Å². The number of rotatable bonds is 4. The highest BCUT2D eigenvalue weighted by Crippen LogP contribution is 2.29. The van der Waals surface area contributed by atoms with Gasteiger partial charge in [0.15, 0.2) is 0 Å². The van der Waals surface area contributed by atoms with E-state index in [4.69, 9.17) is 0 Å². The number of likely N-dealkylation sites (N-methyl/N-ethyl adjacent to an activating group) is 1. The van der Waals surface area contributed by atoms with Crippen LogP contribution in [-0.2, 0) is 11.3 Å². The summed E-state index contributed by atoms with van der Waals surface area (Å²) >= 11 is 2.00. The molecule has 0 bridgehead atoms. The molecular weight excluding hydrogens is 372 g/mol. The first kappa shape index (κ1) is 18.8. The Morgan fingerprint density at radius 2 is 2.00 bits per heavy atom. The van der Waals surface area contributed by atoms with Crippen LogP contribution in [0.1, 0.15) is 15.9 Å². The number of benzene rings is 2. The van der Waals surface area contributed by atoms with Crippen LogP contribution in [0.15, 0.2) is 42.5 Å². The minimum Gasteiger partial charge on any atom is -0.364 e. The van der Waals surface area contributed by atoms with Crippen LogP contribution in [0.25, 0.3) is 0 Å². The summed E-state index contributed by atoms with van der Waals surface area (Å²) in [5.74, 6) is 2.11. The Bertz CT molecular complexity index is 896. The minimum absolute atomic E-state index is 0.0728. The number of hydrogen-bond donors (Lipinski definition) is 2. The molecule has 0 spiro atoms. The molecule has 2 aliphatic heterocycles. The molecular formula is C21H24N4O2S. The summed E-state index contributed by atoms with van der Waals surface area (Å²) in [6.45, 7) is 3.44. The molecule has 0 radical (unpaired) electrons. The second kappa shape index (κ2) is 8.24. The molecule has 2 aromatic rings. The third-order valence-corrected chi connectivity index (χ3v) is 5.96. The number of anilines is 3. The normalized spacial score (nSPS) is 17.0. The monoisotopic (exact) mass is 396 g/mol. The van der Waals surface area contributed by atoms with Gasteiger partial charge in [-0.25, -0.2) is 0 Å². The van der Waals surface area contributed by atoms with E-state index in [-0.39, 0.29) is 11.8 Å². The Balaban J connectivity index is 1.46. The summed E-state index contributed by atoms with van der Waals surface area (Å²) in [6, 6.07) is 13.4. The van der Waals surface area contributed by atoms with Gasteiger partial charge in [-0.2, -0.15) is 11.8 Å². The average Bonchev–Trinajstić information content (AvgIpc) is 2.68. The third-order valence-electron chi connectivity index (χ3n) is 5.02. The summed E-state index contributed by atoms with van der Waals surface area (Å²) in [5, 5.41) is 5.81. The maximum absolute atomic E-state index is 12.7. The number of fused-ring (bicyclic) bond motifs is 1. The van der Waals surface area contributed by atoms with Crippen LogP contribution in [0.4, 0.5) is 17.1 Å². The lowest BCUT2D eigenvalue weighted by Crippen LogP contribution is -2.35. The van der Waals surface area contributed by atoms with Gasteiger partial charge in [0.05, 0.1) is 17.9 Å². The molecule has 2 amide bonds. The average molecular weight is 397 g/mol. The molecule has 6 nitrogen and oxygen atoms in total. The fourth-order valence-electron chi connectivity index (χ4n) is 3.57. The summed E-state index contributed by atoms with van der Waals surface area (Å²) in [5.41, 5.74) is 4.09. The molecule has 0 aromatic heterocycles. The lowest BCUT2D eigenvalue weighted by molar-refractivity contribution is -0.115. The van der Waals surface area contributed by atoms with E-state index in [1.54, 1.807) is 12.1 Å². The zero-order valence-corrected chi connectivity index (χ0v) is 16.7. The van der Waals surface area contributed by atoms with E-state index < -0.39 is 0 Å². The molecule has 146 valence electrons. The molecule has 7 heteroatoms. The summed E-state index contributed by atoms with van der Waals surface area (Å²) in [6.07, 6.45) is 0. The molecule has 28 heavy (non-hydrogen) atoms. The van der Waals surface area contributed by atoms with Crippen LogP contribution < -0.4 is 15.5 Å². The molecule has 2 aliphatic rings. The van der Waals surface area contributed by atoms with Crippen molar-refractivity contribution < 1.29 is 9.59 Å². The van der Waals surface area contributed by atoms with E-state index in [0.717, 1.165) is 31.0 Å². The SMILES string of the molecule is CN1CC(=O)Nc2cc(C(=O)Nc3cccc(CN4CCSCC4)c3)ccc21. The van der Waals surface area contributed by atoms with Gasteiger partial charge in [-0.3, -0.25) is 14.5 Å². The maximum Gasteiger partial charge on any atom is 0.255 e.